The van der Waals surface area contributed by atoms with Crippen LogP contribution < -0.4 is 0 Å². The first-order valence-electron chi connectivity index (χ1n) is 6.57. The van der Waals surface area contributed by atoms with E-state index in [4.69, 9.17) is 4.74 Å². The zero-order valence-corrected chi connectivity index (χ0v) is 9.96. The number of aromatic nitrogens is 1. The number of para-hydroxylation sites is 1. The fraction of sp³-hybridized carbons (Fsp3) is 0.467. The molecule has 0 atom stereocenters. The van der Waals surface area contributed by atoms with Crippen LogP contribution in [0.2, 0.25) is 0 Å². The van der Waals surface area contributed by atoms with Crippen molar-refractivity contribution >= 4 is 10.9 Å². The summed E-state index contributed by atoms with van der Waals surface area (Å²) in [6, 6.07) is 8.71. The Morgan fingerprint density at radius 1 is 1.06 bits per heavy atom. The molecule has 88 valence electrons. The lowest BCUT2D eigenvalue weighted by Gasteiger charge is -2.33. The lowest BCUT2D eigenvalue weighted by Crippen LogP contribution is -2.31. The van der Waals surface area contributed by atoms with E-state index < -0.39 is 0 Å². The molecular formula is C15H17NO. The van der Waals surface area contributed by atoms with E-state index in [1.54, 1.807) is 5.56 Å². The number of H-pyrrole nitrogens is 1. The van der Waals surface area contributed by atoms with E-state index in [0.29, 0.717) is 5.41 Å². The Kier molecular flexibility index (Phi) is 1.92. The summed E-state index contributed by atoms with van der Waals surface area (Å²) in [6.07, 6.45) is 4.92. The molecule has 0 bridgehead atoms. The van der Waals surface area contributed by atoms with Crippen LogP contribution in [-0.2, 0) is 16.6 Å². The van der Waals surface area contributed by atoms with Crippen molar-refractivity contribution in [2.24, 2.45) is 0 Å². The normalized spacial score (nSPS) is 22.1. The molecule has 2 heteroatoms. The maximum atomic E-state index is 5.53. The van der Waals surface area contributed by atoms with Crippen molar-refractivity contribution in [3.63, 3.8) is 0 Å². The van der Waals surface area contributed by atoms with Crippen LogP contribution in [0.25, 0.3) is 10.9 Å². The van der Waals surface area contributed by atoms with E-state index >= 15 is 0 Å². The highest BCUT2D eigenvalue weighted by atomic mass is 16.5. The predicted octanol–water partition coefficient (Wildman–Crippen LogP) is 3.16. The molecule has 1 N–H and O–H groups in total. The van der Waals surface area contributed by atoms with E-state index in [2.05, 4.69) is 29.2 Å². The maximum absolute atomic E-state index is 5.53. The maximum Gasteiger partial charge on any atom is 0.0475 e. The van der Waals surface area contributed by atoms with Gasteiger partial charge in [-0.25, -0.2) is 0 Å². The van der Waals surface area contributed by atoms with Crippen LogP contribution in [0.3, 0.4) is 0 Å². The van der Waals surface area contributed by atoms with Crippen molar-refractivity contribution < 1.29 is 4.74 Å². The van der Waals surface area contributed by atoms with E-state index in [1.807, 2.05) is 0 Å². The van der Waals surface area contributed by atoms with Crippen molar-refractivity contribution in [2.45, 2.75) is 31.1 Å². The number of aromatic amines is 1. The van der Waals surface area contributed by atoms with Crippen molar-refractivity contribution in [1.29, 1.82) is 0 Å². The number of rotatable bonds is 0. The number of nitrogens with one attached hydrogen (secondary N) is 1. The van der Waals surface area contributed by atoms with Crippen molar-refractivity contribution in [1.82, 2.24) is 4.98 Å². The van der Waals surface area contributed by atoms with Gasteiger partial charge in [-0.2, -0.15) is 0 Å². The molecule has 2 nitrogen and oxygen atoms in total. The van der Waals surface area contributed by atoms with Gasteiger partial charge in [0.1, 0.15) is 0 Å². The Bertz CT molecular complexity index is 563. The third kappa shape index (κ3) is 1.25. The Hall–Kier alpha value is -1.28. The van der Waals surface area contributed by atoms with Gasteiger partial charge in [0, 0.05) is 35.2 Å². The van der Waals surface area contributed by atoms with E-state index in [9.17, 15) is 0 Å². The van der Waals surface area contributed by atoms with Crippen LogP contribution in [0.1, 0.15) is 30.5 Å². The standard InChI is InChI=1S/C15H17NO/c1-2-4-13-11(3-1)12-5-6-15(14(12)16-13)7-9-17-10-8-15/h1-4,16H,5-10H2. The fourth-order valence-corrected chi connectivity index (χ4v) is 3.66. The molecule has 1 fully saturated rings. The van der Waals surface area contributed by atoms with E-state index in [-0.39, 0.29) is 0 Å². The molecule has 0 radical (unpaired) electrons. The first-order valence-corrected chi connectivity index (χ1v) is 6.57. The summed E-state index contributed by atoms with van der Waals surface area (Å²) in [6.45, 7) is 1.85. The van der Waals surface area contributed by atoms with Crippen molar-refractivity contribution in [3.8, 4) is 0 Å². The monoisotopic (exact) mass is 227 g/mol. The fourth-order valence-electron chi connectivity index (χ4n) is 3.66. The molecule has 0 unspecified atom stereocenters. The SMILES string of the molecule is c1ccc2c3c([nH]c2c1)C1(CCOCC1)CC3. The molecule has 2 heterocycles. The molecule has 1 saturated heterocycles. The lowest BCUT2D eigenvalue weighted by molar-refractivity contribution is 0.0494. The summed E-state index contributed by atoms with van der Waals surface area (Å²) in [5.41, 5.74) is 4.79. The number of benzene rings is 1. The van der Waals surface area contributed by atoms with Crippen LogP contribution in [0.4, 0.5) is 0 Å². The second-order valence-electron chi connectivity index (χ2n) is 5.42. The zero-order chi connectivity index (χ0) is 11.3. The van der Waals surface area contributed by atoms with Crippen molar-refractivity contribution in [2.75, 3.05) is 13.2 Å². The summed E-state index contributed by atoms with van der Waals surface area (Å²) < 4.78 is 5.53. The molecule has 1 spiro atoms. The Labute approximate surface area is 101 Å². The molecule has 17 heavy (non-hydrogen) atoms. The van der Waals surface area contributed by atoms with E-state index in [1.165, 1.54) is 42.3 Å². The summed E-state index contributed by atoms with van der Waals surface area (Å²) >= 11 is 0. The average molecular weight is 227 g/mol. The van der Waals surface area contributed by atoms with Gasteiger partial charge in [0.25, 0.3) is 0 Å². The van der Waals surface area contributed by atoms with Gasteiger partial charge in [-0.3, -0.25) is 0 Å². The predicted molar refractivity (Wildman–Crippen MR) is 68.4 cm³/mol. The van der Waals surface area contributed by atoms with Gasteiger partial charge in [0.05, 0.1) is 0 Å². The quantitative estimate of drug-likeness (QED) is 0.734. The molecule has 2 aromatic rings. The highest BCUT2D eigenvalue weighted by Crippen LogP contribution is 2.47. The number of hydrogen-bond acceptors (Lipinski definition) is 1. The van der Waals surface area contributed by atoms with Crippen molar-refractivity contribution in [3.05, 3.63) is 35.5 Å². The minimum atomic E-state index is 0.395. The highest BCUT2D eigenvalue weighted by molar-refractivity contribution is 5.85. The smallest absolute Gasteiger partial charge is 0.0475 e. The molecule has 0 amide bonds. The van der Waals surface area contributed by atoms with Gasteiger partial charge in [-0.1, -0.05) is 18.2 Å². The van der Waals surface area contributed by atoms with Crippen LogP contribution in [0.15, 0.2) is 24.3 Å². The topological polar surface area (TPSA) is 25.0 Å². The van der Waals surface area contributed by atoms with Crippen LogP contribution >= 0.6 is 0 Å². The Morgan fingerprint density at radius 3 is 2.76 bits per heavy atom. The molecule has 2 aliphatic rings. The van der Waals surface area contributed by atoms with Crippen LogP contribution in [-0.4, -0.2) is 18.2 Å². The highest BCUT2D eigenvalue weighted by Gasteiger charge is 2.41. The minimum absolute atomic E-state index is 0.395. The minimum Gasteiger partial charge on any atom is -0.381 e. The van der Waals surface area contributed by atoms with Gasteiger partial charge in [-0.05, 0) is 37.3 Å². The molecule has 1 aromatic carbocycles. The first-order chi connectivity index (χ1) is 8.39. The summed E-state index contributed by atoms with van der Waals surface area (Å²) in [7, 11) is 0. The summed E-state index contributed by atoms with van der Waals surface area (Å²) in [4.78, 5) is 3.68. The van der Waals surface area contributed by atoms with Crippen LogP contribution in [0.5, 0.6) is 0 Å². The third-order valence-corrected chi connectivity index (χ3v) is 4.65. The lowest BCUT2D eigenvalue weighted by atomic mass is 9.78. The third-order valence-electron chi connectivity index (χ3n) is 4.65. The average Bonchev–Trinajstić information content (AvgIpc) is 2.90. The van der Waals surface area contributed by atoms with Gasteiger partial charge in [0.2, 0.25) is 0 Å². The zero-order valence-electron chi connectivity index (χ0n) is 9.96. The van der Waals surface area contributed by atoms with Gasteiger partial charge < -0.3 is 9.72 Å². The second kappa shape index (κ2) is 3.36. The van der Waals surface area contributed by atoms with Gasteiger partial charge in [-0.15, -0.1) is 0 Å². The molecular weight excluding hydrogens is 210 g/mol. The number of ether oxygens (including phenoxy) is 1. The molecule has 1 aliphatic carbocycles. The molecule has 1 aromatic heterocycles. The first kappa shape index (κ1) is 9.72. The number of aryl methyl sites for hydroxylation is 1. The number of hydrogen-bond donors (Lipinski definition) is 1. The number of fused-ring (bicyclic) bond motifs is 4. The summed E-state index contributed by atoms with van der Waals surface area (Å²) in [5.74, 6) is 0. The van der Waals surface area contributed by atoms with Gasteiger partial charge >= 0.3 is 0 Å². The molecule has 1 aliphatic heterocycles. The Morgan fingerprint density at radius 2 is 1.88 bits per heavy atom. The van der Waals surface area contributed by atoms with E-state index in [0.717, 1.165) is 13.2 Å². The van der Waals surface area contributed by atoms with Gasteiger partial charge in [0.15, 0.2) is 0 Å². The Balaban J connectivity index is 1.92. The molecule has 4 rings (SSSR count). The molecule has 0 saturated carbocycles. The summed E-state index contributed by atoms with van der Waals surface area (Å²) in [5, 5.41) is 1.44. The second-order valence-corrected chi connectivity index (χ2v) is 5.42. The van der Waals surface area contributed by atoms with Crippen LogP contribution in [0, 0.1) is 0 Å². The largest absolute Gasteiger partial charge is 0.381 e.